The summed E-state index contributed by atoms with van der Waals surface area (Å²) in [5.74, 6) is 0.484. The molecule has 0 radical (unpaired) electrons. The third kappa shape index (κ3) is 2.93. The fraction of sp³-hybridized carbons (Fsp3) is 0.640. The highest BCUT2D eigenvalue weighted by Gasteiger charge is 2.57. The normalized spacial score (nSPS) is 29.5. The Hall–Kier alpha value is -2.45. The molecule has 8 rings (SSSR count). The Morgan fingerprint density at radius 3 is 2.55 bits per heavy atom. The monoisotopic (exact) mass is 450 g/mol. The van der Waals surface area contributed by atoms with Gasteiger partial charge in [0.25, 0.3) is 11.5 Å². The maximum atomic E-state index is 13.5. The van der Waals surface area contributed by atoms with Crippen LogP contribution in [0, 0.1) is 11.3 Å². The van der Waals surface area contributed by atoms with Gasteiger partial charge in [0.2, 0.25) is 0 Å². The molecule has 4 heterocycles. The second kappa shape index (κ2) is 6.79. The fourth-order valence-corrected chi connectivity index (χ4v) is 6.52. The number of carbonyl (C=O) groups is 1. The first-order valence-electron chi connectivity index (χ1n) is 12.3. The third-order valence-electron chi connectivity index (χ3n) is 8.89. The van der Waals surface area contributed by atoms with Crippen molar-refractivity contribution in [3.8, 4) is 5.75 Å². The number of nitrogens with zero attached hydrogens (tertiary/aromatic N) is 3. The summed E-state index contributed by atoms with van der Waals surface area (Å²) >= 11 is 0. The molecule has 1 spiro atoms. The molecule has 2 N–H and O–H groups in total. The van der Waals surface area contributed by atoms with Gasteiger partial charge in [-0.3, -0.25) is 14.2 Å². The van der Waals surface area contributed by atoms with Gasteiger partial charge in [0, 0.05) is 43.3 Å². The van der Waals surface area contributed by atoms with Crippen molar-refractivity contribution in [3.05, 3.63) is 33.7 Å². The van der Waals surface area contributed by atoms with Gasteiger partial charge in [0.1, 0.15) is 17.0 Å². The lowest BCUT2D eigenvalue weighted by molar-refractivity contribution is -0.189. The summed E-state index contributed by atoms with van der Waals surface area (Å²) in [5, 5.41) is 14.7. The van der Waals surface area contributed by atoms with Gasteiger partial charge in [-0.05, 0) is 55.6 Å². The quantitative estimate of drug-likeness (QED) is 0.699. The third-order valence-corrected chi connectivity index (χ3v) is 8.89. The number of hydrogen-bond acceptors (Lipinski definition) is 6. The predicted molar refractivity (Wildman–Crippen MR) is 121 cm³/mol. The van der Waals surface area contributed by atoms with Gasteiger partial charge in [-0.1, -0.05) is 6.42 Å². The average molecular weight is 451 g/mol. The molecule has 0 atom stereocenters. The van der Waals surface area contributed by atoms with Crippen LogP contribution in [0.4, 0.5) is 0 Å². The molecule has 2 aliphatic heterocycles. The molecule has 1 amide bonds. The minimum Gasteiger partial charge on any atom is -0.506 e. The molecule has 8 heteroatoms. The van der Waals surface area contributed by atoms with E-state index in [1.807, 2.05) is 12.3 Å². The first-order valence-corrected chi connectivity index (χ1v) is 12.3. The number of amides is 1. The average Bonchev–Trinajstić information content (AvgIpc) is 2.62. The zero-order valence-electron chi connectivity index (χ0n) is 18.8. The van der Waals surface area contributed by atoms with Crippen molar-refractivity contribution in [2.45, 2.75) is 56.5 Å². The van der Waals surface area contributed by atoms with Gasteiger partial charge < -0.3 is 20.1 Å². The molecule has 4 aliphatic carbocycles. The Bertz CT molecular complexity index is 1200. The second-order valence-electron chi connectivity index (χ2n) is 11.4. The lowest BCUT2D eigenvalue weighted by Gasteiger charge is -2.61. The van der Waals surface area contributed by atoms with Gasteiger partial charge in [0.05, 0.1) is 18.6 Å². The lowest BCUT2D eigenvalue weighted by Crippen LogP contribution is -2.68. The largest absolute Gasteiger partial charge is 0.506 e. The van der Waals surface area contributed by atoms with E-state index in [0.717, 1.165) is 64.0 Å². The number of aromatic nitrogens is 2. The fourth-order valence-electron chi connectivity index (χ4n) is 6.52. The van der Waals surface area contributed by atoms with E-state index >= 15 is 0 Å². The van der Waals surface area contributed by atoms with Gasteiger partial charge in [-0.15, -0.1) is 0 Å². The Labute approximate surface area is 191 Å². The molecule has 0 unspecified atom stereocenters. The number of fused-ring (bicyclic) bond motifs is 1. The summed E-state index contributed by atoms with van der Waals surface area (Å²) < 4.78 is 6.96. The van der Waals surface area contributed by atoms with E-state index in [2.05, 4.69) is 15.2 Å². The van der Waals surface area contributed by atoms with Crippen molar-refractivity contribution in [2.75, 3.05) is 32.8 Å². The molecule has 2 aromatic heterocycles. The highest BCUT2D eigenvalue weighted by Crippen LogP contribution is 2.57. The van der Waals surface area contributed by atoms with Crippen LogP contribution in [0.3, 0.4) is 0 Å². The van der Waals surface area contributed by atoms with Crippen molar-refractivity contribution in [3.63, 3.8) is 0 Å². The van der Waals surface area contributed by atoms with Crippen LogP contribution in [0.15, 0.2) is 17.1 Å². The van der Waals surface area contributed by atoms with Crippen LogP contribution in [0.5, 0.6) is 5.75 Å². The van der Waals surface area contributed by atoms with E-state index in [1.54, 1.807) is 4.57 Å². The number of rotatable bonds is 6. The van der Waals surface area contributed by atoms with Crippen LogP contribution < -0.4 is 10.9 Å². The van der Waals surface area contributed by atoms with Crippen molar-refractivity contribution in [2.24, 2.45) is 11.3 Å². The minimum absolute atomic E-state index is 0.132. The zero-order chi connectivity index (χ0) is 22.4. The molecule has 8 nitrogen and oxygen atoms in total. The number of carbonyl (C=O) groups excluding carboxylic acids is 1. The molecule has 2 aromatic rings. The van der Waals surface area contributed by atoms with Crippen molar-refractivity contribution in [1.29, 1.82) is 0 Å². The van der Waals surface area contributed by atoms with Crippen LogP contribution in [0.2, 0.25) is 0 Å². The number of ether oxygens (including phenoxy) is 1. The summed E-state index contributed by atoms with van der Waals surface area (Å²) in [4.78, 5) is 33.7. The van der Waals surface area contributed by atoms with Gasteiger partial charge in [-0.25, -0.2) is 4.98 Å². The van der Waals surface area contributed by atoms with Gasteiger partial charge in [0.15, 0.2) is 0 Å². The Balaban J connectivity index is 1.24. The Morgan fingerprint density at radius 1 is 1.21 bits per heavy atom. The zero-order valence-corrected chi connectivity index (χ0v) is 18.8. The summed E-state index contributed by atoms with van der Waals surface area (Å²) in [6.07, 6.45) is 8.22. The van der Waals surface area contributed by atoms with E-state index in [1.165, 1.54) is 6.42 Å². The molecule has 4 saturated carbocycles. The van der Waals surface area contributed by atoms with Crippen molar-refractivity contribution >= 4 is 16.9 Å². The first-order chi connectivity index (χ1) is 15.9. The van der Waals surface area contributed by atoms with E-state index in [9.17, 15) is 14.7 Å². The lowest BCUT2D eigenvalue weighted by atomic mass is 9.50. The topological polar surface area (TPSA) is 96.7 Å². The smallest absolute Gasteiger partial charge is 0.268 e. The summed E-state index contributed by atoms with van der Waals surface area (Å²) in [5.41, 5.74) is 1.11. The van der Waals surface area contributed by atoms with Crippen LogP contribution >= 0.6 is 0 Å². The number of likely N-dealkylation sites (tertiary alicyclic amines) is 1. The van der Waals surface area contributed by atoms with E-state index in [0.29, 0.717) is 41.4 Å². The van der Waals surface area contributed by atoms with E-state index < -0.39 is 11.5 Å². The number of pyridine rings is 2. The molecule has 6 fully saturated rings. The first kappa shape index (κ1) is 20.0. The second-order valence-corrected chi connectivity index (χ2v) is 11.4. The maximum absolute atomic E-state index is 13.5. The molecule has 2 bridgehead atoms. The molecule has 174 valence electrons. The standard InChI is InChI=1S/C25H30N4O4/c30-20-18-6-17(16-2-1-3-16)10-26-21(18)29(5-4-28-11-24(12-28)13-33-14-24)23(32)19(20)22(31)27-25-7-15(8-25)9-25/h6,10,15-16,30H,1-5,7-9,11-14H2,(H,27,31). The molecule has 33 heavy (non-hydrogen) atoms. The van der Waals surface area contributed by atoms with Crippen molar-refractivity contribution < 1.29 is 14.6 Å². The number of aromatic hydroxyl groups is 1. The van der Waals surface area contributed by atoms with Crippen molar-refractivity contribution in [1.82, 2.24) is 19.8 Å². The highest BCUT2D eigenvalue weighted by atomic mass is 16.5. The van der Waals surface area contributed by atoms with Crippen LogP contribution in [-0.4, -0.2) is 63.9 Å². The Morgan fingerprint density at radius 2 is 1.97 bits per heavy atom. The van der Waals surface area contributed by atoms with Crippen LogP contribution in [-0.2, 0) is 11.3 Å². The van der Waals surface area contributed by atoms with Crippen LogP contribution in [0.25, 0.3) is 11.0 Å². The SMILES string of the molecule is O=C(NC12CC(C1)C2)c1c(O)c2cc(C3CCC3)cnc2n(CCN2CC3(COC3)C2)c1=O. The van der Waals surface area contributed by atoms with Gasteiger partial charge in [-0.2, -0.15) is 0 Å². The Kier molecular flexibility index (Phi) is 4.11. The van der Waals surface area contributed by atoms with Crippen LogP contribution in [0.1, 0.15) is 60.4 Å². The molecular formula is C25H30N4O4. The molecule has 6 aliphatic rings. The molecular weight excluding hydrogens is 420 g/mol. The molecule has 2 saturated heterocycles. The predicted octanol–water partition coefficient (Wildman–Crippen LogP) is 1.98. The maximum Gasteiger partial charge on any atom is 0.268 e. The molecule has 0 aromatic carbocycles. The van der Waals surface area contributed by atoms with Gasteiger partial charge >= 0.3 is 0 Å². The summed E-state index contributed by atoms with van der Waals surface area (Å²) in [6.45, 7) is 4.76. The minimum atomic E-state index is -0.449. The van der Waals surface area contributed by atoms with E-state index in [4.69, 9.17) is 4.74 Å². The van der Waals surface area contributed by atoms with E-state index in [-0.39, 0.29) is 16.9 Å². The summed E-state index contributed by atoms with van der Waals surface area (Å²) in [7, 11) is 0. The highest BCUT2D eigenvalue weighted by molar-refractivity contribution is 6.02. The number of hydrogen-bond donors (Lipinski definition) is 2. The number of nitrogens with one attached hydrogen (secondary N) is 1. The summed E-state index contributed by atoms with van der Waals surface area (Å²) in [6, 6.07) is 1.94.